The zero-order valence-electron chi connectivity index (χ0n) is 13.9. The molecule has 0 fully saturated rings. The summed E-state index contributed by atoms with van der Waals surface area (Å²) in [4.78, 5) is 0. The summed E-state index contributed by atoms with van der Waals surface area (Å²) < 4.78 is 34.0. The molecule has 0 saturated carbocycles. The second-order valence-electron chi connectivity index (χ2n) is 5.93. The van der Waals surface area contributed by atoms with Crippen LogP contribution >= 0.6 is 0 Å². The predicted molar refractivity (Wildman–Crippen MR) is 87.3 cm³/mol. The van der Waals surface area contributed by atoms with Gasteiger partial charge in [0, 0.05) is 24.0 Å². The van der Waals surface area contributed by atoms with Crippen molar-refractivity contribution in [2.45, 2.75) is 12.8 Å². The molecular formula is C21H17ClO4. The number of benzene rings is 3. The number of hydrogen-bond acceptors (Lipinski definition) is 4. The molecule has 132 valence electrons. The average Bonchev–Trinajstić information content (AvgIpc) is 2.78. The van der Waals surface area contributed by atoms with Gasteiger partial charge in [0.2, 0.25) is 0 Å². The highest BCUT2D eigenvalue weighted by molar-refractivity contribution is 5.63. The molecule has 4 nitrogen and oxygen atoms in total. The van der Waals surface area contributed by atoms with Crippen LogP contribution in [0.25, 0.3) is 0 Å². The van der Waals surface area contributed by atoms with Gasteiger partial charge in [-0.2, -0.15) is 0 Å². The molecular weight excluding hydrogens is 352 g/mol. The quantitative estimate of drug-likeness (QED) is 0.567. The molecule has 0 heterocycles. The van der Waals surface area contributed by atoms with Crippen LogP contribution in [-0.4, -0.2) is 0 Å². The monoisotopic (exact) mass is 368 g/mol. The fraction of sp³-hybridized carbons (Fsp3) is 0.0952. The molecule has 0 aliphatic heterocycles. The van der Waals surface area contributed by atoms with E-state index in [4.69, 9.17) is 18.6 Å². The van der Waals surface area contributed by atoms with Gasteiger partial charge in [-0.25, -0.2) is 18.6 Å². The van der Waals surface area contributed by atoms with E-state index in [0.29, 0.717) is 0 Å². The molecule has 0 bridgehead atoms. The van der Waals surface area contributed by atoms with Crippen molar-refractivity contribution < 1.29 is 28.9 Å². The molecule has 3 aromatic carbocycles. The second kappa shape index (κ2) is 7.91. The van der Waals surface area contributed by atoms with Crippen LogP contribution in [0, 0.1) is 16.2 Å². The van der Waals surface area contributed by atoms with Crippen LogP contribution in [0.4, 0.5) is 0 Å². The Bertz CT molecular complexity index is 806. The maximum absolute atomic E-state index is 8.49. The Morgan fingerprint density at radius 2 is 0.962 bits per heavy atom. The Hall–Kier alpha value is -2.34. The van der Waals surface area contributed by atoms with Crippen molar-refractivity contribution >= 4 is 0 Å². The van der Waals surface area contributed by atoms with Gasteiger partial charge in [-0.1, -0.05) is 18.2 Å². The van der Waals surface area contributed by atoms with Crippen LogP contribution in [0.3, 0.4) is 0 Å². The minimum absolute atomic E-state index is 1.11. The third-order valence-corrected chi connectivity index (χ3v) is 4.30. The third-order valence-electron chi connectivity index (χ3n) is 4.30. The number of halogens is 1. The minimum atomic E-state index is -4.94. The maximum Gasteiger partial charge on any atom is 0.0637 e. The smallest absolute Gasteiger partial charge is 0.0637 e. The summed E-state index contributed by atoms with van der Waals surface area (Å²) in [6, 6.07) is 28.4. The SMILES string of the molecule is [O-][Cl+3]([O-])([O-])[O-].c1ccc([C+]2c3ccccc3CCc3ccccc32)cc1. The molecule has 1 aliphatic rings. The minimum Gasteiger partial charge on any atom is -0.222 e. The van der Waals surface area contributed by atoms with Crippen LogP contribution in [0.1, 0.15) is 27.8 Å². The molecule has 0 N–H and O–H groups in total. The third kappa shape index (κ3) is 4.64. The van der Waals surface area contributed by atoms with E-state index in [1.54, 1.807) is 0 Å². The Kier molecular flexibility index (Phi) is 5.61. The Morgan fingerprint density at radius 1 is 0.577 bits per heavy atom. The summed E-state index contributed by atoms with van der Waals surface area (Å²) in [5, 5.41) is 0. The van der Waals surface area contributed by atoms with Crippen molar-refractivity contribution in [2.75, 3.05) is 0 Å². The topological polar surface area (TPSA) is 92.2 Å². The first-order chi connectivity index (χ1) is 12.4. The molecule has 26 heavy (non-hydrogen) atoms. The van der Waals surface area contributed by atoms with Crippen molar-refractivity contribution in [3.63, 3.8) is 0 Å². The van der Waals surface area contributed by atoms with E-state index in [1.807, 2.05) is 0 Å². The zero-order valence-corrected chi connectivity index (χ0v) is 14.7. The van der Waals surface area contributed by atoms with Crippen LogP contribution in [0.2, 0.25) is 0 Å². The highest BCUT2D eigenvalue weighted by Crippen LogP contribution is 2.37. The lowest BCUT2D eigenvalue weighted by atomic mass is 9.83. The van der Waals surface area contributed by atoms with Gasteiger partial charge < -0.3 is 0 Å². The molecule has 1 aliphatic carbocycles. The van der Waals surface area contributed by atoms with Crippen LogP contribution in [0.15, 0.2) is 78.9 Å². The Morgan fingerprint density at radius 3 is 1.42 bits per heavy atom. The summed E-state index contributed by atoms with van der Waals surface area (Å²) in [7, 11) is -4.94. The Balaban J connectivity index is 0.000000349. The summed E-state index contributed by atoms with van der Waals surface area (Å²) in [5.74, 6) is 1.37. The number of aryl methyl sites for hydroxylation is 2. The highest BCUT2D eigenvalue weighted by Gasteiger charge is 2.29. The van der Waals surface area contributed by atoms with E-state index in [0.717, 1.165) is 12.8 Å². The van der Waals surface area contributed by atoms with E-state index in [-0.39, 0.29) is 0 Å². The van der Waals surface area contributed by atoms with Gasteiger partial charge in [-0.3, -0.25) is 0 Å². The lowest BCUT2D eigenvalue weighted by molar-refractivity contribution is -2.00. The number of rotatable bonds is 1. The van der Waals surface area contributed by atoms with Crippen molar-refractivity contribution in [3.8, 4) is 0 Å². The second-order valence-corrected chi connectivity index (χ2v) is 6.69. The van der Waals surface area contributed by atoms with Crippen LogP contribution < -0.4 is 18.6 Å². The van der Waals surface area contributed by atoms with Crippen molar-refractivity contribution in [3.05, 3.63) is 113 Å². The maximum atomic E-state index is 8.49. The first-order valence-corrected chi connectivity index (χ1v) is 9.37. The summed E-state index contributed by atoms with van der Waals surface area (Å²) in [5.41, 5.74) is 6.97. The van der Waals surface area contributed by atoms with Crippen molar-refractivity contribution in [1.82, 2.24) is 0 Å². The number of hydrogen-bond donors (Lipinski definition) is 0. The van der Waals surface area contributed by atoms with E-state index in [9.17, 15) is 0 Å². The van der Waals surface area contributed by atoms with Gasteiger partial charge in [-0.05, 0) is 60.7 Å². The predicted octanol–water partition coefficient (Wildman–Crippen LogP) is 0.0484. The fourth-order valence-electron chi connectivity index (χ4n) is 3.29. The molecule has 0 aromatic heterocycles. The Labute approximate surface area is 154 Å². The van der Waals surface area contributed by atoms with E-state index < -0.39 is 10.2 Å². The molecule has 3 aromatic rings. The largest absolute Gasteiger partial charge is 0.222 e. The first kappa shape index (κ1) is 18.5. The van der Waals surface area contributed by atoms with Crippen molar-refractivity contribution in [1.29, 1.82) is 0 Å². The summed E-state index contributed by atoms with van der Waals surface area (Å²) >= 11 is 0. The van der Waals surface area contributed by atoms with Crippen molar-refractivity contribution in [2.24, 2.45) is 0 Å². The standard InChI is InChI=1S/C21H17.ClHO4/c1-2-10-18(11-3-1)21-19-12-6-4-8-16(19)14-15-17-9-5-7-13-20(17)21;2-1(3,4)5/h1-13H,14-15H2;(H,2,3,4,5)/q+1;/p-1. The van der Waals surface area contributed by atoms with Gasteiger partial charge in [0.05, 0.1) is 22.6 Å². The van der Waals surface area contributed by atoms with E-state index in [1.165, 1.54) is 33.7 Å². The van der Waals surface area contributed by atoms with Gasteiger partial charge >= 0.3 is 0 Å². The molecule has 0 unspecified atom stereocenters. The molecule has 0 spiro atoms. The lowest BCUT2D eigenvalue weighted by Gasteiger charge is -2.17. The first-order valence-electron chi connectivity index (χ1n) is 8.14. The normalized spacial score (nSPS) is 13.0. The van der Waals surface area contributed by atoms with Crippen LogP contribution in [-0.2, 0) is 12.8 Å². The van der Waals surface area contributed by atoms with Crippen LogP contribution in [0.5, 0.6) is 0 Å². The summed E-state index contributed by atoms with van der Waals surface area (Å²) in [6.07, 6.45) is 2.23. The highest BCUT2D eigenvalue weighted by atomic mass is 35.7. The molecule has 0 amide bonds. The number of fused-ring (bicyclic) bond motifs is 2. The molecule has 4 rings (SSSR count). The summed E-state index contributed by atoms with van der Waals surface area (Å²) in [6.45, 7) is 0. The zero-order chi connectivity index (χ0) is 18.6. The fourth-order valence-corrected chi connectivity index (χ4v) is 3.29. The molecule has 0 atom stereocenters. The molecule has 5 heteroatoms. The van der Waals surface area contributed by atoms with Gasteiger partial charge in [-0.15, -0.1) is 10.2 Å². The lowest BCUT2D eigenvalue weighted by Crippen LogP contribution is -2.68. The average molecular weight is 369 g/mol. The van der Waals surface area contributed by atoms with E-state index in [2.05, 4.69) is 78.9 Å². The van der Waals surface area contributed by atoms with Gasteiger partial charge in [0.25, 0.3) is 0 Å². The van der Waals surface area contributed by atoms with Gasteiger partial charge in [0.15, 0.2) is 0 Å². The molecule has 0 radical (unpaired) electrons. The van der Waals surface area contributed by atoms with Gasteiger partial charge in [0.1, 0.15) is 0 Å². The van der Waals surface area contributed by atoms with E-state index >= 15 is 0 Å². The molecule has 0 saturated heterocycles.